The third-order valence-electron chi connectivity index (χ3n) is 2.76. The molecule has 0 atom stereocenters. The van der Waals surface area contributed by atoms with Gasteiger partial charge in [0.1, 0.15) is 5.82 Å². The lowest BCUT2D eigenvalue weighted by molar-refractivity contribution is 0.150. The largest absolute Gasteiger partial charge is 0.497 e. The van der Waals surface area contributed by atoms with Crippen molar-refractivity contribution in [2.24, 2.45) is 0 Å². The fourth-order valence-corrected chi connectivity index (χ4v) is 2.89. The highest BCUT2D eigenvalue weighted by atomic mass is 28.4. The SMILES string of the molecule is CO[Si](O)(CCCCc1ccc(F)cc1)OC. The Bertz CT molecular complexity index is 325. The molecule has 1 aromatic rings. The van der Waals surface area contributed by atoms with Gasteiger partial charge >= 0.3 is 8.80 Å². The van der Waals surface area contributed by atoms with E-state index in [0.29, 0.717) is 6.04 Å². The second-order valence-corrected chi connectivity index (χ2v) is 6.70. The van der Waals surface area contributed by atoms with Gasteiger partial charge in [-0.05, 0) is 37.0 Å². The zero-order chi connectivity index (χ0) is 12.7. The summed E-state index contributed by atoms with van der Waals surface area (Å²) in [5.74, 6) is -0.214. The summed E-state index contributed by atoms with van der Waals surface area (Å²) in [5.41, 5.74) is 1.10. The van der Waals surface area contributed by atoms with Crippen LogP contribution in [-0.2, 0) is 15.3 Å². The lowest BCUT2D eigenvalue weighted by atomic mass is 10.1. The minimum Gasteiger partial charge on any atom is -0.390 e. The molecular formula is C12H19FO3Si. The highest BCUT2D eigenvalue weighted by Crippen LogP contribution is 2.14. The molecule has 0 aromatic heterocycles. The van der Waals surface area contributed by atoms with Crippen molar-refractivity contribution in [1.29, 1.82) is 0 Å². The van der Waals surface area contributed by atoms with Crippen LogP contribution in [0.5, 0.6) is 0 Å². The van der Waals surface area contributed by atoms with Crippen LogP contribution < -0.4 is 0 Å². The molecule has 0 fully saturated rings. The van der Waals surface area contributed by atoms with E-state index in [1.807, 2.05) is 0 Å². The van der Waals surface area contributed by atoms with Gasteiger partial charge in [0.2, 0.25) is 0 Å². The maximum atomic E-state index is 12.7. The van der Waals surface area contributed by atoms with Gasteiger partial charge in [-0.15, -0.1) is 0 Å². The van der Waals surface area contributed by atoms with Crippen molar-refractivity contribution in [2.75, 3.05) is 14.2 Å². The van der Waals surface area contributed by atoms with Gasteiger partial charge in [-0.25, -0.2) is 4.39 Å². The van der Waals surface area contributed by atoms with Gasteiger partial charge in [-0.3, -0.25) is 0 Å². The molecule has 96 valence electrons. The number of unbranched alkanes of at least 4 members (excludes halogenated alkanes) is 1. The average molecular weight is 258 g/mol. The Morgan fingerprint density at radius 2 is 1.71 bits per heavy atom. The fraction of sp³-hybridized carbons (Fsp3) is 0.500. The predicted octanol–water partition coefficient (Wildman–Crippen LogP) is 2.37. The Hall–Kier alpha value is -0.753. The van der Waals surface area contributed by atoms with Crippen LogP contribution in [0.15, 0.2) is 24.3 Å². The Morgan fingerprint density at radius 3 is 2.24 bits per heavy atom. The van der Waals surface area contributed by atoms with E-state index in [0.717, 1.165) is 24.8 Å². The molecule has 1 rings (SSSR count). The van der Waals surface area contributed by atoms with E-state index < -0.39 is 8.80 Å². The first-order chi connectivity index (χ1) is 8.09. The van der Waals surface area contributed by atoms with Crippen LogP contribution in [0.3, 0.4) is 0 Å². The first kappa shape index (κ1) is 14.3. The number of hydrogen-bond donors (Lipinski definition) is 1. The Morgan fingerprint density at radius 1 is 1.12 bits per heavy atom. The van der Waals surface area contributed by atoms with E-state index in [4.69, 9.17) is 8.85 Å². The standard InChI is InChI=1S/C12H19FO3Si/c1-15-17(14,16-2)10-4-3-5-11-6-8-12(13)9-7-11/h6-9,14H,3-5,10H2,1-2H3. The first-order valence-electron chi connectivity index (χ1n) is 5.67. The van der Waals surface area contributed by atoms with Gasteiger partial charge in [0.25, 0.3) is 0 Å². The molecule has 0 amide bonds. The maximum Gasteiger partial charge on any atom is 0.497 e. The summed E-state index contributed by atoms with van der Waals surface area (Å²) in [5, 5.41) is 0. The van der Waals surface area contributed by atoms with E-state index >= 15 is 0 Å². The summed E-state index contributed by atoms with van der Waals surface area (Å²) in [6.45, 7) is 0. The Balaban J connectivity index is 2.26. The molecule has 0 unspecified atom stereocenters. The summed E-state index contributed by atoms with van der Waals surface area (Å²) in [6, 6.07) is 7.05. The Labute approximate surface area is 103 Å². The van der Waals surface area contributed by atoms with Crippen LogP contribution in [-0.4, -0.2) is 27.8 Å². The molecule has 0 heterocycles. The number of benzene rings is 1. The van der Waals surface area contributed by atoms with Crippen molar-refractivity contribution in [1.82, 2.24) is 0 Å². The van der Waals surface area contributed by atoms with Crippen LogP contribution in [0, 0.1) is 5.82 Å². The van der Waals surface area contributed by atoms with Crippen molar-refractivity contribution in [3.63, 3.8) is 0 Å². The number of aryl methyl sites for hydroxylation is 1. The van der Waals surface area contributed by atoms with Gasteiger partial charge in [0, 0.05) is 20.3 Å². The third-order valence-corrected chi connectivity index (χ3v) is 5.02. The summed E-state index contributed by atoms with van der Waals surface area (Å²) >= 11 is 0. The molecule has 0 aliphatic heterocycles. The molecule has 17 heavy (non-hydrogen) atoms. The van der Waals surface area contributed by atoms with Crippen LogP contribution in [0.2, 0.25) is 6.04 Å². The Kier molecular flexibility index (Phi) is 5.77. The van der Waals surface area contributed by atoms with Gasteiger partial charge in [0.15, 0.2) is 0 Å². The summed E-state index contributed by atoms with van der Waals surface area (Å²) in [7, 11) is 0.0314. The van der Waals surface area contributed by atoms with E-state index in [2.05, 4.69) is 0 Å². The first-order valence-corrected chi connectivity index (χ1v) is 7.64. The topological polar surface area (TPSA) is 38.7 Å². The molecule has 5 heteroatoms. The monoisotopic (exact) mass is 258 g/mol. The van der Waals surface area contributed by atoms with E-state index in [1.54, 1.807) is 12.1 Å². The zero-order valence-electron chi connectivity index (χ0n) is 10.3. The normalized spacial score (nSPS) is 11.8. The smallest absolute Gasteiger partial charge is 0.390 e. The van der Waals surface area contributed by atoms with Gasteiger partial charge in [-0.1, -0.05) is 12.1 Å². The number of hydrogen-bond acceptors (Lipinski definition) is 3. The van der Waals surface area contributed by atoms with Gasteiger partial charge < -0.3 is 13.6 Å². The number of halogens is 1. The van der Waals surface area contributed by atoms with Crippen LogP contribution >= 0.6 is 0 Å². The maximum absolute atomic E-state index is 12.7. The van der Waals surface area contributed by atoms with Crippen molar-refractivity contribution in [2.45, 2.75) is 25.3 Å². The lowest BCUT2D eigenvalue weighted by Crippen LogP contribution is -2.39. The molecule has 0 bridgehead atoms. The molecule has 0 aliphatic carbocycles. The molecule has 0 saturated heterocycles. The molecule has 0 radical (unpaired) electrons. The van der Waals surface area contributed by atoms with Crippen molar-refractivity contribution in [3.05, 3.63) is 35.6 Å². The van der Waals surface area contributed by atoms with Crippen LogP contribution in [0.1, 0.15) is 18.4 Å². The molecule has 1 aromatic carbocycles. The lowest BCUT2D eigenvalue weighted by Gasteiger charge is -2.19. The minimum atomic E-state index is -2.90. The van der Waals surface area contributed by atoms with Crippen molar-refractivity contribution < 1.29 is 18.0 Å². The molecule has 0 aliphatic rings. The van der Waals surface area contributed by atoms with Crippen molar-refractivity contribution >= 4 is 8.80 Å². The summed E-state index contributed by atoms with van der Waals surface area (Å²) < 4.78 is 22.6. The molecule has 1 N–H and O–H groups in total. The molecule has 0 saturated carbocycles. The summed E-state index contributed by atoms with van der Waals surface area (Å²) in [6.07, 6.45) is 2.63. The second-order valence-electron chi connectivity index (χ2n) is 3.95. The predicted molar refractivity (Wildman–Crippen MR) is 66.1 cm³/mol. The average Bonchev–Trinajstić information content (AvgIpc) is 2.36. The number of rotatable bonds is 7. The quantitative estimate of drug-likeness (QED) is 0.603. The van der Waals surface area contributed by atoms with Gasteiger partial charge in [-0.2, -0.15) is 0 Å². The molecule has 3 nitrogen and oxygen atoms in total. The van der Waals surface area contributed by atoms with E-state index in [1.165, 1.54) is 26.4 Å². The van der Waals surface area contributed by atoms with E-state index in [9.17, 15) is 9.19 Å². The highest BCUT2D eigenvalue weighted by Gasteiger charge is 2.33. The second kappa shape index (κ2) is 6.86. The zero-order valence-corrected chi connectivity index (χ0v) is 11.3. The third kappa shape index (κ3) is 4.95. The van der Waals surface area contributed by atoms with Gasteiger partial charge in [0.05, 0.1) is 0 Å². The molecule has 0 spiro atoms. The highest BCUT2D eigenvalue weighted by molar-refractivity contribution is 6.59. The van der Waals surface area contributed by atoms with E-state index in [-0.39, 0.29) is 5.82 Å². The van der Waals surface area contributed by atoms with Crippen LogP contribution in [0.25, 0.3) is 0 Å². The fourth-order valence-electron chi connectivity index (χ4n) is 1.62. The summed E-state index contributed by atoms with van der Waals surface area (Å²) in [4.78, 5) is 9.81. The van der Waals surface area contributed by atoms with Crippen molar-refractivity contribution in [3.8, 4) is 0 Å². The minimum absolute atomic E-state index is 0.214. The molecular weight excluding hydrogens is 239 g/mol. The van der Waals surface area contributed by atoms with Crippen LogP contribution in [0.4, 0.5) is 4.39 Å².